The van der Waals surface area contributed by atoms with Crippen molar-refractivity contribution in [1.82, 2.24) is 0 Å². The Labute approximate surface area is 104 Å². The zero-order valence-electron chi connectivity index (χ0n) is 10.4. The minimum Gasteiger partial charge on any atom is -0.0981 e. The zero-order chi connectivity index (χ0) is 11.6. The van der Waals surface area contributed by atoms with Crippen molar-refractivity contribution in [2.75, 3.05) is 0 Å². The average molecular weight is 234 g/mol. The van der Waals surface area contributed by atoms with Crippen LogP contribution in [0.2, 0.25) is 0 Å². The van der Waals surface area contributed by atoms with Crippen molar-refractivity contribution in [3.05, 3.63) is 41.3 Å². The first-order valence-electron chi connectivity index (χ1n) is 6.20. The van der Waals surface area contributed by atoms with E-state index in [1.807, 2.05) is 11.8 Å². The Morgan fingerprint density at radius 2 is 1.88 bits per heavy atom. The molecular weight excluding hydrogens is 212 g/mol. The van der Waals surface area contributed by atoms with Crippen molar-refractivity contribution < 1.29 is 0 Å². The summed E-state index contributed by atoms with van der Waals surface area (Å²) >= 11 is 1.83. The van der Waals surface area contributed by atoms with Crippen LogP contribution in [0, 0.1) is 0 Å². The van der Waals surface area contributed by atoms with E-state index in [1.54, 1.807) is 0 Å². The fraction of sp³-hybridized carbons (Fsp3) is 0.467. The maximum Gasteiger partial charge on any atom is 0.0116 e. The van der Waals surface area contributed by atoms with Gasteiger partial charge in [0.15, 0.2) is 0 Å². The van der Waals surface area contributed by atoms with Crippen LogP contribution in [0.25, 0.3) is 0 Å². The van der Waals surface area contributed by atoms with Crippen molar-refractivity contribution in [2.45, 2.75) is 50.8 Å². The van der Waals surface area contributed by atoms with Crippen LogP contribution in [0.4, 0.5) is 0 Å². The molecule has 0 spiro atoms. The van der Waals surface area contributed by atoms with Crippen molar-refractivity contribution in [3.8, 4) is 0 Å². The molecule has 1 aromatic rings. The molecule has 0 atom stereocenters. The van der Waals surface area contributed by atoms with Crippen LogP contribution in [0.15, 0.2) is 46.2 Å². The first-order valence-corrected chi connectivity index (χ1v) is 7.08. The normalized spacial score (nSPS) is 11.8. The number of thioether (sulfide) groups is 1. The summed E-state index contributed by atoms with van der Waals surface area (Å²) in [6, 6.07) is 10.6. The standard InChI is InChI=1S/C15H22S/c1-3-4-5-7-10-14(2)13-16-15-11-8-6-9-12-15/h6,8-9,11-13H,3-5,7,10H2,1-2H3/b14-13+. The Morgan fingerprint density at radius 1 is 1.12 bits per heavy atom. The van der Waals surface area contributed by atoms with E-state index in [4.69, 9.17) is 0 Å². The Kier molecular flexibility index (Phi) is 7.07. The molecule has 0 aliphatic heterocycles. The minimum atomic E-state index is 1.25. The van der Waals surface area contributed by atoms with E-state index in [0.717, 1.165) is 0 Å². The Bertz CT molecular complexity index is 300. The molecule has 0 saturated heterocycles. The highest BCUT2D eigenvalue weighted by Crippen LogP contribution is 2.21. The second-order valence-corrected chi connectivity index (χ2v) is 5.15. The zero-order valence-corrected chi connectivity index (χ0v) is 11.2. The first kappa shape index (κ1) is 13.4. The molecule has 0 fully saturated rings. The van der Waals surface area contributed by atoms with Crippen LogP contribution in [0.3, 0.4) is 0 Å². The fourth-order valence-electron chi connectivity index (χ4n) is 1.56. The Balaban J connectivity index is 2.23. The quantitative estimate of drug-likeness (QED) is 0.434. The summed E-state index contributed by atoms with van der Waals surface area (Å²) in [7, 11) is 0. The van der Waals surface area contributed by atoms with Crippen LogP contribution in [0.1, 0.15) is 46.0 Å². The summed E-state index contributed by atoms with van der Waals surface area (Å²) in [5, 5.41) is 2.29. The van der Waals surface area contributed by atoms with Gasteiger partial charge in [-0.3, -0.25) is 0 Å². The molecule has 1 heteroatoms. The molecule has 0 nitrogen and oxygen atoms in total. The second kappa shape index (κ2) is 8.46. The summed E-state index contributed by atoms with van der Waals surface area (Å²) in [5.74, 6) is 0. The van der Waals surface area contributed by atoms with E-state index in [2.05, 4.69) is 49.6 Å². The highest BCUT2D eigenvalue weighted by Gasteiger charge is 1.93. The Hall–Kier alpha value is -0.690. The molecule has 88 valence electrons. The molecule has 0 N–H and O–H groups in total. The topological polar surface area (TPSA) is 0 Å². The number of rotatable bonds is 7. The first-order chi connectivity index (χ1) is 7.83. The SMILES string of the molecule is CCCCCC/C(C)=C/Sc1ccccc1. The number of hydrogen-bond donors (Lipinski definition) is 0. The van der Waals surface area contributed by atoms with Gasteiger partial charge in [-0.2, -0.15) is 0 Å². The lowest BCUT2D eigenvalue weighted by Crippen LogP contribution is -1.79. The number of hydrogen-bond acceptors (Lipinski definition) is 1. The van der Waals surface area contributed by atoms with Gasteiger partial charge in [0.25, 0.3) is 0 Å². The van der Waals surface area contributed by atoms with Gasteiger partial charge in [0.2, 0.25) is 0 Å². The van der Waals surface area contributed by atoms with Crippen molar-refractivity contribution >= 4 is 11.8 Å². The van der Waals surface area contributed by atoms with Crippen LogP contribution < -0.4 is 0 Å². The maximum atomic E-state index is 2.29. The van der Waals surface area contributed by atoms with Gasteiger partial charge in [-0.05, 0) is 37.3 Å². The summed E-state index contributed by atoms with van der Waals surface area (Å²) < 4.78 is 0. The van der Waals surface area contributed by atoms with Gasteiger partial charge >= 0.3 is 0 Å². The summed E-state index contributed by atoms with van der Waals surface area (Å²) in [4.78, 5) is 1.33. The lowest BCUT2D eigenvalue weighted by Gasteiger charge is -2.01. The van der Waals surface area contributed by atoms with Gasteiger partial charge in [-0.25, -0.2) is 0 Å². The fourth-order valence-corrected chi connectivity index (χ4v) is 2.33. The largest absolute Gasteiger partial charge is 0.0981 e. The smallest absolute Gasteiger partial charge is 0.0116 e. The second-order valence-electron chi connectivity index (χ2n) is 4.21. The predicted molar refractivity (Wildman–Crippen MR) is 74.8 cm³/mol. The van der Waals surface area contributed by atoms with Crippen LogP contribution in [-0.2, 0) is 0 Å². The van der Waals surface area contributed by atoms with E-state index >= 15 is 0 Å². The lowest BCUT2D eigenvalue weighted by atomic mass is 10.1. The molecule has 0 aromatic heterocycles. The Morgan fingerprint density at radius 3 is 2.56 bits per heavy atom. The van der Waals surface area contributed by atoms with Gasteiger partial charge in [0, 0.05) is 4.90 Å². The predicted octanol–water partition coefficient (Wildman–Crippen LogP) is 5.65. The molecule has 0 amide bonds. The van der Waals surface area contributed by atoms with Gasteiger partial charge < -0.3 is 0 Å². The van der Waals surface area contributed by atoms with Gasteiger partial charge in [-0.1, -0.05) is 61.7 Å². The third kappa shape index (κ3) is 6.02. The van der Waals surface area contributed by atoms with Crippen LogP contribution in [0.5, 0.6) is 0 Å². The molecule has 0 aliphatic rings. The van der Waals surface area contributed by atoms with Crippen LogP contribution >= 0.6 is 11.8 Å². The van der Waals surface area contributed by atoms with E-state index in [-0.39, 0.29) is 0 Å². The van der Waals surface area contributed by atoms with E-state index in [9.17, 15) is 0 Å². The monoisotopic (exact) mass is 234 g/mol. The van der Waals surface area contributed by atoms with Gasteiger partial charge in [-0.15, -0.1) is 0 Å². The van der Waals surface area contributed by atoms with Crippen molar-refractivity contribution in [2.24, 2.45) is 0 Å². The number of allylic oxidation sites excluding steroid dienone is 1. The third-order valence-electron chi connectivity index (χ3n) is 2.56. The molecular formula is C15H22S. The molecule has 0 radical (unpaired) electrons. The highest BCUT2D eigenvalue weighted by atomic mass is 32.2. The molecule has 0 aliphatic carbocycles. The van der Waals surface area contributed by atoms with Crippen molar-refractivity contribution in [1.29, 1.82) is 0 Å². The molecule has 0 heterocycles. The molecule has 0 bridgehead atoms. The van der Waals surface area contributed by atoms with Gasteiger partial charge in [0.1, 0.15) is 0 Å². The van der Waals surface area contributed by atoms with E-state index < -0.39 is 0 Å². The maximum absolute atomic E-state index is 2.29. The molecule has 0 unspecified atom stereocenters. The summed E-state index contributed by atoms with van der Waals surface area (Å²) in [5.41, 5.74) is 1.50. The minimum absolute atomic E-state index is 1.25. The number of unbranched alkanes of at least 4 members (excludes halogenated alkanes) is 3. The van der Waals surface area contributed by atoms with Crippen LogP contribution in [-0.4, -0.2) is 0 Å². The molecule has 0 saturated carbocycles. The van der Waals surface area contributed by atoms with E-state index in [1.165, 1.54) is 42.6 Å². The molecule has 1 rings (SSSR count). The van der Waals surface area contributed by atoms with E-state index in [0.29, 0.717) is 0 Å². The number of benzene rings is 1. The highest BCUT2D eigenvalue weighted by molar-refractivity contribution is 8.02. The average Bonchev–Trinajstić information content (AvgIpc) is 2.33. The third-order valence-corrected chi connectivity index (χ3v) is 3.63. The lowest BCUT2D eigenvalue weighted by molar-refractivity contribution is 0.665. The summed E-state index contributed by atoms with van der Waals surface area (Å²) in [6.45, 7) is 4.50. The molecule has 1 aromatic carbocycles. The van der Waals surface area contributed by atoms with Crippen molar-refractivity contribution in [3.63, 3.8) is 0 Å². The molecule has 16 heavy (non-hydrogen) atoms. The summed E-state index contributed by atoms with van der Waals surface area (Å²) in [6.07, 6.45) is 6.66. The van der Waals surface area contributed by atoms with Gasteiger partial charge in [0.05, 0.1) is 0 Å².